The molecule has 2 aromatic carbocycles. The Morgan fingerprint density at radius 1 is 0.750 bits per heavy atom. The lowest BCUT2D eigenvalue weighted by atomic mass is 9.77. The molecule has 1 atom stereocenters. The minimum atomic E-state index is -1.53. The fourth-order valence-corrected chi connectivity index (χ4v) is 5.01. The van der Waals surface area contributed by atoms with Gasteiger partial charge in [-0.2, -0.15) is 0 Å². The third-order valence-corrected chi connectivity index (χ3v) is 6.65. The summed E-state index contributed by atoms with van der Waals surface area (Å²) >= 11 is 0. The molecule has 2 aliphatic carbocycles. The van der Waals surface area contributed by atoms with Crippen LogP contribution in [0.15, 0.2) is 24.3 Å². The van der Waals surface area contributed by atoms with Gasteiger partial charge in [0.1, 0.15) is 5.82 Å². The molecule has 150 valence electrons. The quantitative estimate of drug-likeness (QED) is 0.377. The highest BCUT2D eigenvalue weighted by Gasteiger charge is 2.25. The topological polar surface area (TPSA) is 0 Å². The van der Waals surface area contributed by atoms with Crippen molar-refractivity contribution in [3.05, 3.63) is 58.7 Å². The molecule has 0 amide bonds. The molecule has 28 heavy (non-hydrogen) atoms. The van der Waals surface area contributed by atoms with Gasteiger partial charge >= 0.3 is 0 Å². The highest BCUT2D eigenvalue weighted by Crippen LogP contribution is 2.37. The molecular formula is C24H26F4. The molecule has 0 nitrogen and oxygen atoms in total. The van der Waals surface area contributed by atoms with E-state index in [1.807, 2.05) is 6.07 Å². The summed E-state index contributed by atoms with van der Waals surface area (Å²) in [5.74, 6) is -3.10. The molecule has 1 saturated carbocycles. The molecule has 0 radical (unpaired) electrons. The second-order valence-corrected chi connectivity index (χ2v) is 8.51. The number of halogens is 4. The van der Waals surface area contributed by atoms with Crippen LogP contribution in [-0.2, 0) is 12.8 Å². The van der Waals surface area contributed by atoms with Crippen molar-refractivity contribution in [1.29, 1.82) is 0 Å². The molecule has 0 spiro atoms. The molecular weight excluding hydrogens is 364 g/mol. The molecule has 2 aliphatic rings. The lowest BCUT2D eigenvalue weighted by Crippen LogP contribution is -2.17. The maximum Gasteiger partial charge on any atom is 0.194 e. The minimum absolute atomic E-state index is 0.0381. The Balaban J connectivity index is 1.49. The van der Waals surface area contributed by atoms with E-state index in [2.05, 4.69) is 0 Å². The summed E-state index contributed by atoms with van der Waals surface area (Å²) in [6.45, 7) is 0. The van der Waals surface area contributed by atoms with E-state index in [1.54, 1.807) is 6.07 Å². The van der Waals surface area contributed by atoms with Gasteiger partial charge in [-0.1, -0.05) is 50.7 Å². The molecule has 4 rings (SSSR count). The zero-order chi connectivity index (χ0) is 19.7. The van der Waals surface area contributed by atoms with E-state index in [0.29, 0.717) is 17.9 Å². The Morgan fingerprint density at radius 2 is 1.43 bits per heavy atom. The SMILES string of the molecule is Fc1cc(-c2ccc3c(c2F)CCC(CCC2CCCCC2)C3)cc(F)c1F. The van der Waals surface area contributed by atoms with Crippen LogP contribution in [-0.4, -0.2) is 0 Å². The van der Waals surface area contributed by atoms with Gasteiger partial charge in [0.2, 0.25) is 0 Å². The van der Waals surface area contributed by atoms with E-state index in [0.717, 1.165) is 36.5 Å². The Labute approximate surface area is 164 Å². The smallest absolute Gasteiger partial charge is 0.194 e. The predicted molar refractivity (Wildman–Crippen MR) is 103 cm³/mol. The normalized spacial score (nSPS) is 20.2. The summed E-state index contributed by atoms with van der Waals surface area (Å²) in [6, 6.07) is 5.17. The van der Waals surface area contributed by atoms with Crippen LogP contribution in [0, 0.1) is 35.1 Å². The van der Waals surface area contributed by atoms with Crippen molar-refractivity contribution in [2.24, 2.45) is 11.8 Å². The third kappa shape index (κ3) is 3.97. The van der Waals surface area contributed by atoms with Crippen molar-refractivity contribution in [1.82, 2.24) is 0 Å². The summed E-state index contributed by atoms with van der Waals surface area (Å²) in [5.41, 5.74) is 1.83. The largest absolute Gasteiger partial charge is 0.206 e. The number of rotatable bonds is 4. The van der Waals surface area contributed by atoms with Crippen LogP contribution < -0.4 is 0 Å². The van der Waals surface area contributed by atoms with E-state index in [-0.39, 0.29) is 11.1 Å². The summed E-state index contributed by atoms with van der Waals surface area (Å²) < 4.78 is 55.4. The van der Waals surface area contributed by atoms with Crippen LogP contribution >= 0.6 is 0 Å². The van der Waals surface area contributed by atoms with Crippen molar-refractivity contribution >= 4 is 0 Å². The van der Waals surface area contributed by atoms with Crippen LogP contribution in [0.4, 0.5) is 17.6 Å². The van der Waals surface area contributed by atoms with E-state index in [4.69, 9.17) is 0 Å². The second kappa shape index (κ2) is 8.26. The molecule has 0 N–H and O–H groups in total. The van der Waals surface area contributed by atoms with Crippen molar-refractivity contribution < 1.29 is 17.6 Å². The number of hydrogen-bond acceptors (Lipinski definition) is 0. The Kier molecular flexibility index (Phi) is 5.75. The van der Waals surface area contributed by atoms with Gasteiger partial charge < -0.3 is 0 Å². The summed E-state index contributed by atoms with van der Waals surface area (Å²) in [7, 11) is 0. The van der Waals surface area contributed by atoms with E-state index in [9.17, 15) is 13.2 Å². The van der Waals surface area contributed by atoms with Crippen molar-refractivity contribution in [3.8, 4) is 11.1 Å². The van der Waals surface area contributed by atoms with Crippen LogP contribution in [0.5, 0.6) is 0 Å². The van der Waals surface area contributed by atoms with E-state index < -0.39 is 23.3 Å². The van der Waals surface area contributed by atoms with Gasteiger partial charge in [-0.25, -0.2) is 17.6 Å². The number of benzene rings is 2. The van der Waals surface area contributed by atoms with Crippen LogP contribution in [0.1, 0.15) is 62.5 Å². The average Bonchev–Trinajstić information content (AvgIpc) is 2.71. The van der Waals surface area contributed by atoms with Gasteiger partial charge in [-0.3, -0.25) is 0 Å². The molecule has 1 unspecified atom stereocenters. The first-order valence-electron chi connectivity index (χ1n) is 10.5. The molecule has 4 heteroatoms. The van der Waals surface area contributed by atoms with Gasteiger partial charge in [-0.05, 0) is 66.3 Å². The van der Waals surface area contributed by atoms with Crippen LogP contribution in [0.3, 0.4) is 0 Å². The summed E-state index contributed by atoms with van der Waals surface area (Å²) in [5, 5.41) is 0. The van der Waals surface area contributed by atoms with Gasteiger partial charge in [0.25, 0.3) is 0 Å². The van der Waals surface area contributed by atoms with Crippen molar-refractivity contribution in [2.75, 3.05) is 0 Å². The van der Waals surface area contributed by atoms with Gasteiger partial charge in [-0.15, -0.1) is 0 Å². The monoisotopic (exact) mass is 390 g/mol. The van der Waals surface area contributed by atoms with Gasteiger partial charge in [0.15, 0.2) is 17.5 Å². The first kappa shape index (κ1) is 19.5. The third-order valence-electron chi connectivity index (χ3n) is 6.65. The number of hydrogen-bond donors (Lipinski definition) is 0. The summed E-state index contributed by atoms with van der Waals surface area (Å²) in [4.78, 5) is 0. The standard InChI is InChI=1S/C24H26F4/c25-21-13-18(14-22(26)24(21)28)20-11-9-17-12-16(8-10-19(17)23(20)27)7-6-15-4-2-1-3-5-15/h9,11,13-16H,1-8,10,12H2. The number of fused-ring (bicyclic) bond motifs is 1. The van der Waals surface area contributed by atoms with Crippen molar-refractivity contribution in [3.63, 3.8) is 0 Å². The van der Waals surface area contributed by atoms with E-state index in [1.165, 1.54) is 44.9 Å². The minimum Gasteiger partial charge on any atom is -0.206 e. The van der Waals surface area contributed by atoms with Gasteiger partial charge in [0, 0.05) is 5.56 Å². The van der Waals surface area contributed by atoms with Crippen molar-refractivity contribution in [2.45, 2.75) is 64.2 Å². The Morgan fingerprint density at radius 3 is 2.14 bits per heavy atom. The fourth-order valence-electron chi connectivity index (χ4n) is 5.01. The molecule has 2 aromatic rings. The lowest BCUT2D eigenvalue weighted by Gasteiger charge is -2.28. The Bertz CT molecular complexity index is 829. The zero-order valence-corrected chi connectivity index (χ0v) is 16.0. The average molecular weight is 390 g/mol. The molecule has 0 aromatic heterocycles. The lowest BCUT2D eigenvalue weighted by molar-refractivity contribution is 0.296. The van der Waals surface area contributed by atoms with Gasteiger partial charge in [0.05, 0.1) is 0 Å². The summed E-state index contributed by atoms with van der Waals surface area (Å²) in [6.07, 6.45) is 11.7. The first-order valence-corrected chi connectivity index (χ1v) is 10.5. The second-order valence-electron chi connectivity index (χ2n) is 8.51. The molecule has 0 heterocycles. The van der Waals surface area contributed by atoms with Crippen LogP contribution in [0.2, 0.25) is 0 Å². The molecule has 0 aliphatic heterocycles. The highest BCUT2D eigenvalue weighted by atomic mass is 19.2. The fraction of sp³-hybridized carbons (Fsp3) is 0.500. The maximum atomic E-state index is 15.1. The molecule has 1 fully saturated rings. The zero-order valence-electron chi connectivity index (χ0n) is 16.0. The first-order chi connectivity index (χ1) is 13.5. The Hall–Kier alpha value is -1.84. The highest BCUT2D eigenvalue weighted by molar-refractivity contribution is 5.66. The maximum absolute atomic E-state index is 15.1. The molecule has 0 bridgehead atoms. The van der Waals surface area contributed by atoms with Crippen LogP contribution in [0.25, 0.3) is 11.1 Å². The molecule has 0 saturated heterocycles. The predicted octanol–water partition coefficient (Wildman–Crippen LogP) is 7.38. The van der Waals surface area contributed by atoms with E-state index >= 15 is 4.39 Å².